The fraction of sp³-hybridized carbons (Fsp3) is 0.857. The molecule has 0 bridgehead atoms. The second kappa shape index (κ2) is 5.00. The van der Waals surface area contributed by atoms with Crippen LogP contribution in [0.1, 0.15) is 75.9 Å². The number of rotatable bonds is 3. The minimum Gasteiger partial charge on any atom is -0.337 e. The summed E-state index contributed by atoms with van der Waals surface area (Å²) in [6.07, 6.45) is 9.79. The highest BCUT2D eigenvalue weighted by Gasteiger charge is 2.39. The summed E-state index contributed by atoms with van der Waals surface area (Å²) >= 11 is 0. The summed E-state index contributed by atoms with van der Waals surface area (Å²) in [5, 5.41) is 7.81. The van der Waals surface area contributed by atoms with E-state index in [0.717, 1.165) is 31.1 Å². The van der Waals surface area contributed by atoms with Crippen molar-refractivity contribution in [2.24, 2.45) is 0 Å². The van der Waals surface area contributed by atoms with Crippen molar-refractivity contribution >= 4 is 0 Å². The third-order valence-electron chi connectivity index (χ3n) is 4.67. The maximum Gasteiger partial charge on any atom is 0.246 e. The van der Waals surface area contributed by atoms with Gasteiger partial charge in [0.05, 0.1) is 5.54 Å². The molecule has 0 radical (unpaired) electrons. The fourth-order valence-electron chi connectivity index (χ4n) is 3.40. The Balaban J connectivity index is 1.79. The van der Waals surface area contributed by atoms with Crippen molar-refractivity contribution in [2.75, 3.05) is 6.54 Å². The summed E-state index contributed by atoms with van der Waals surface area (Å²) in [5.74, 6) is 2.31. The summed E-state index contributed by atoms with van der Waals surface area (Å²) in [5.41, 5.74) is -0.0417. The van der Waals surface area contributed by atoms with Crippen LogP contribution in [0.2, 0.25) is 0 Å². The molecule has 1 unspecified atom stereocenters. The zero-order valence-corrected chi connectivity index (χ0v) is 11.2. The molecule has 3 rings (SSSR count). The molecule has 4 nitrogen and oxygen atoms in total. The molecule has 100 valence electrons. The van der Waals surface area contributed by atoms with Crippen LogP contribution in [0, 0.1) is 0 Å². The van der Waals surface area contributed by atoms with Crippen molar-refractivity contribution in [1.29, 1.82) is 0 Å². The van der Waals surface area contributed by atoms with Crippen molar-refractivity contribution in [2.45, 2.75) is 69.7 Å². The minimum absolute atomic E-state index is 0.0417. The van der Waals surface area contributed by atoms with Gasteiger partial charge in [0.1, 0.15) is 0 Å². The second-order valence-electron chi connectivity index (χ2n) is 5.76. The predicted molar refractivity (Wildman–Crippen MR) is 69.3 cm³/mol. The van der Waals surface area contributed by atoms with E-state index in [-0.39, 0.29) is 5.54 Å². The van der Waals surface area contributed by atoms with Gasteiger partial charge in [0.25, 0.3) is 0 Å². The molecule has 1 aliphatic heterocycles. The first-order chi connectivity index (χ1) is 8.84. The standard InChI is InChI=1S/C14H23N3O/c1-2-14(9-6-10-15-14)13-16-12(17-18-13)11-7-4-3-5-8-11/h11,15H,2-10H2,1H3. The normalized spacial score (nSPS) is 29.8. The van der Waals surface area contributed by atoms with Crippen LogP contribution in [0.3, 0.4) is 0 Å². The molecule has 2 aliphatic rings. The van der Waals surface area contributed by atoms with Crippen LogP contribution in [0.25, 0.3) is 0 Å². The van der Waals surface area contributed by atoms with Crippen molar-refractivity contribution in [3.63, 3.8) is 0 Å². The lowest BCUT2D eigenvalue weighted by Crippen LogP contribution is -2.36. The number of aromatic nitrogens is 2. The summed E-state index contributed by atoms with van der Waals surface area (Å²) < 4.78 is 5.57. The van der Waals surface area contributed by atoms with E-state index in [1.54, 1.807) is 0 Å². The molecule has 1 saturated heterocycles. The van der Waals surface area contributed by atoms with Gasteiger partial charge in [-0.1, -0.05) is 31.3 Å². The van der Waals surface area contributed by atoms with Crippen LogP contribution < -0.4 is 5.32 Å². The molecule has 2 heterocycles. The summed E-state index contributed by atoms with van der Waals surface area (Å²) in [6.45, 7) is 3.26. The van der Waals surface area contributed by atoms with Crippen LogP contribution in [-0.4, -0.2) is 16.7 Å². The Kier molecular flexibility index (Phi) is 3.37. The van der Waals surface area contributed by atoms with Gasteiger partial charge in [-0.3, -0.25) is 0 Å². The van der Waals surface area contributed by atoms with Gasteiger partial charge in [0, 0.05) is 5.92 Å². The minimum atomic E-state index is -0.0417. The van der Waals surface area contributed by atoms with Crippen LogP contribution in [0.4, 0.5) is 0 Å². The molecule has 4 heteroatoms. The smallest absolute Gasteiger partial charge is 0.246 e. The number of hydrogen-bond acceptors (Lipinski definition) is 4. The molecule has 1 N–H and O–H groups in total. The Bertz CT molecular complexity index is 389. The van der Waals surface area contributed by atoms with E-state index in [1.165, 1.54) is 38.5 Å². The van der Waals surface area contributed by atoms with Gasteiger partial charge < -0.3 is 9.84 Å². The largest absolute Gasteiger partial charge is 0.337 e. The Morgan fingerprint density at radius 3 is 2.78 bits per heavy atom. The van der Waals surface area contributed by atoms with Gasteiger partial charge in [0.15, 0.2) is 5.82 Å². The lowest BCUT2D eigenvalue weighted by molar-refractivity contribution is 0.248. The van der Waals surface area contributed by atoms with Crippen molar-refractivity contribution in [3.05, 3.63) is 11.7 Å². The van der Waals surface area contributed by atoms with Crippen molar-refractivity contribution in [1.82, 2.24) is 15.5 Å². The second-order valence-corrected chi connectivity index (χ2v) is 5.76. The zero-order chi connectivity index (χ0) is 12.4. The highest BCUT2D eigenvalue weighted by atomic mass is 16.5. The quantitative estimate of drug-likeness (QED) is 0.894. The molecule has 18 heavy (non-hydrogen) atoms. The average Bonchev–Trinajstić information content (AvgIpc) is 3.09. The van der Waals surface area contributed by atoms with E-state index < -0.39 is 0 Å². The first kappa shape index (κ1) is 12.2. The van der Waals surface area contributed by atoms with Gasteiger partial charge in [0.2, 0.25) is 5.89 Å². The maximum atomic E-state index is 5.57. The van der Waals surface area contributed by atoms with Crippen molar-refractivity contribution in [3.8, 4) is 0 Å². The first-order valence-electron chi connectivity index (χ1n) is 7.43. The molecule has 1 atom stereocenters. The van der Waals surface area contributed by atoms with Gasteiger partial charge in [-0.15, -0.1) is 0 Å². The molecule has 0 amide bonds. The Hall–Kier alpha value is -0.900. The average molecular weight is 249 g/mol. The molecular formula is C14H23N3O. The van der Waals surface area contributed by atoms with Crippen LogP contribution in [-0.2, 0) is 5.54 Å². The third-order valence-corrected chi connectivity index (χ3v) is 4.67. The van der Waals surface area contributed by atoms with E-state index in [2.05, 4.69) is 17.4 Å². The van der Waals surface area contributed by atoms with E-state index in [9.17, 15) is 0 Å². The molecule has 1 saturated carbocycles. The summed E-state index contributed by atoms with van der Waals surface area (Å²) in [4.78, 5) is 4.72. The maximum absolute atomic E-state index is 5.57. The molecule has 2 fully saturated rings. The molecule has 0 aromatic carbocycles. The predicted octanol–water partition coefficient (Wildman–Crippen LogP) is 3.11. The lowest BCUT2D eigenvalue weighted by atomic mass is 9.88. The van der Waals surface area contributed by atoms with E-state index >= 15 is 0 Å². The van der Waals surface area contributed by atoms with Crippen LogP contribution >= 0.6 is 0 Å². The molecule has 1 aromatic rings. The highest BCUT2D eigenvalue weighted by molar-refractivity contribution is 5.08. The van der Waals surface area contributed by atoms with Gasteiger partial charge in [-0.25, -0.2) is 0 Å². The monoisotopic (exact) mass is 249 g/mol. The fourth-order valence-corrected chi connectivity index (χ4v) is 3.40. The summed E-state index contributed by atoms with van der Waals surface area (Å²) in [7, 11) is 0. The third kappa shape index (κ3) is 2.07. The SMILES string of the molecule is CCC1(c2nc(C3CCCCC3)no2)CCCN1. The lowest BCUT2D eigenvalue weighted by Gasteiger charge is -2.23. The molecule has 0 spiro atoms. The van der Waals surface area contributed by atoms with E-state index in [1.807, 2.05) is 0 Å². The Morgan fingerprint density at radius 1 is 1.28 bits per heavy atom. The van der Waals surface area contributed by atoms with Gasteiger partial charge in [-0.05, 0) is 38.6 Å². The zero-order valence-electron chi connectivity index (χ0n) is 11.2. The van der Waals surface area contributed by atoms with Crippen molar-refractivity contribution < 1.29 is 4.52 Å². The molecule has 1 aliphatic carbocycles. The van der Waals surface area contributed by atoms with Crippen LogP contribution in [0.15, 0.2) is 4.52 Å². The van der Waals surface area contributed by atoms with Gasteiger partial charge >= 0.3 is 0 Å². The molecular weight excluding hydrogens is 226 g/mol. The van der Waals surface area contributed by atoms with E-state index in [4.69, 9.17) is 9.51 Å². The highest BCUT2D eigenvalue weighted by Crippen LogP contribution is 2.35. The van der Waals surface area contributed by atoms with E-state index in [0.29, 0.717) is 5.92 Å². The van der Waals surface area contributed by atoms with Crippen LogP contribution in [0.5, 0.6) is 0 Å². The topological polar surface area (TPSA) is 51.0 Å². The summed E-state index contributed by atoms with van der Waals surface area (Å²) in [6, 6.07) is 0. The number of hydrogen-bond donors (Lipinski definition) is 1. The number of nitrogens with one attached hydrogen (secondary N) is 1. The Morgan fingerprint density at radius 2 is 2.11 bits per heavy atom. The Labute approximate surface area is 109 Å². The molecule has 1 aromatic heterocycles. The number of nitrogens with zero attached hydrogens (tertiary/aromatic N) is 2. The van der Waals surface area contributed by atoms with Gasteiger partial charge in [-0.2, -0.15) is 4.98 Å². The first-order valence-corrected chi connectivity index (χ1v) is 7.43.